The molecule has 3 heteroatoms. The minimum atomic E-state index is 0.208. The van der Waals surface area contributed by atoms with Crippen LogP contribution in [-0.4, -0.2) is 13.7 Å². The van der Waals surface area contributed by atoms with Crippen LogP contribution in [0.25, 0.3) is 0 Å². The van der Waals surface area contributed by atoms with Crippen molar-refractivity contribution < 1.29 is 4.74 Å². The highest BCUT2D eigenvalue weighted by Gasteiger charge is 2.24. The van der Waals surface area contributed by atoms with E-state index in [2.05, 4.69) is 48.6 Å². The van der Waals surface area contributed by atoms with Crippen LogP contribution in [0.3, 0.4) is 0 Å². The van der Waals surface area contributed by atoms with Gasteiger partial charge in [0.1, 0.15) is 0 Å². The standard InChI is InChI=1S/C18H23NOS/c1-3-14-8-9-18(21-14)16(19-2)12-17-15-7-5-4-6-13(15)10-11-20-17/h4-9,16-17,19H,3,10-12H2,1-2H3. The van der Waals surface area contributed by atoms with Crippen LogP contribution in [0.1, 0.15) is 46.4 Å². The fraction of sp³-hybridized carbons (Fsp3) is 0.444. The lowest BCUT2D eigenvalue weighted by Gasteiger charge is -2.29. The smallest absolute Gasteiger partial charge is 0.0846 e. The van der Waals surface area contributed by atoms with E-state index < -0.39 is 0 Å². The third kappa shape index (κ3) is 3.20. The van der Waals surface area contributed by atoms with Crippen LogP contribution in [0.15, 0.2) is 36.4 Å². The average Bonchev–Trinajstić information content (AvgIpc) is 3.01. The number of hydrogen-bond donors (Lipinski definition) is 1. The van der Waals surface area contributed by atoms with Gasteiger partial charge in [0.15, 0.2) is 0 Å². The summed E-state index contributed by atoms with van der Waals surface area (Å²) in [4.78, 5) is 2.87. The summed E-state index contributed by atoms with van der Waals surface area (Å²) < 4.78 is 6.06. The number of rotatable bonds is 5. The molecule has 0 radical (unpaired) electrons. The van der Waals surface area contributed by atoms with Crippen LogP contribution in [0.2, 0.25) is 0 Å². The van der Waals surface area contributed by atoms with Gasteiger partial charge in [-0.15, -0.1) is 11.3 Å². The molecule has 3 rings (SSSR count). The maximum absolute atomic E-state index is 6.06. The van der Waals surface area contributed by atoms with Gasteiger partial charge in [0, 0.05) is 15.8 Å². The van der Waals surface area contributed by atoms with Crippen molar-refractivity contribution in [3.63, 3.8) is 0 Å². The number of nitrogens with one attached hydrogen (secondary N) is 1. The highest BCUT2D eigenvalue weighted by atomic mass is 32.1. The Morgan fingerprint density at radius 1 is 1.29 bits per heavy atom. The SMILES string of the molecule is CCc1ccc(C(CC2OCCc3ccccc32)NC)s1. The van der Waals surface area contributed by atoms with Crippen LogP contribution in [0.5, 0.6) is 0 Å². The van der Waals surface area contributed by atoms with Crippen LogP contribution < -0.4 is 5.32 Å². The number of fused-ring (bicyclic) bond motifs is 1. The van der Waals surface area contributed by atoms with Crippen molar-refractivity contribution in [1.29, 1.82) is 0 Å². The monoisotopic (exact) mass is 301 g/mol. The van der Waals surface area contributed by atoms with Crippen molar-refractivity contribution in [2.24, 2.45) is 0 Å². The maximum atomic E-state index is 6.06. The molecule has 2 nitrogen and oxygen atoms in total. The largest absolute Gasteiger partial charge is 0.373 e. The third-order valence-electron chi connectivity index (χ3n) is 4.26. The van der Waals surface area contributed by atoms with E-state index in [1.807, 2.05) is 18.4 Å². The zero-order valence-electron chi connectivity index (χ0n) is 12.8. The Morgan fingerprint density at radius 3 is 2.90 bits per heavy atom. The summed E-state index contributed by atoms with van der Waals surface area (Å²) in [5.74, 6) is 0. The molecule has 112 valence electrons. The zero-order valence-corrected chi connectivity index (χ0v) is 13.6. The van der Waals surface area contributed by atoms with E-state index in [0.717, 1.165) is 25.9 Å². The second-order valence-corrected chi connectivity index (χ2v) is 6.74. The molecule has 2 unspecified atom stereocenters. The first-order valence-electron chi connectivity index (χ1n) is 7.77. The molecule has 0 amide bonds. The van der Waals surface area contributed by atoms with Gasteiger partial charge in [-0.2, -0.15) is 0 Å². The van der Waals surface area contributed by atoms with Gasteiger partial charge in [-0.3, -0.25) is 0 Å². The zero-order chi connectivity index (χ0) is 14.7. The average molecular weight is 301 g/mol. The fourth-order valence-electron chi connectivity index (χ4n) is 3.03. The molecule has 0 bridgehead atoms. The van der Waals surface area contributed by atoms with Crippen LogP contribution in [0.4, 0.5) is 0 Å². The molecule has 0 saturated heterocycles. The molecule has 1 N–H and O–H groups in total. The number of ether oxygens (including phenoxy) is 1. The molecule has 1 aliphatic rings. The fourth-order valence-corrected chi connectivity index (χ4v) is 4.11. The molecule has 0 spiro atoms. The minimum Gasteiger partial charge on any atom is -0.373 e. The normalized spacial score (nSPS) is 19.2. The Hall–Kier alpha value is -1.16. The van der Waals surface area contributed by atoms with E-state index in [9.17, 15) is 0 Å². The summed E-state index contributed by atoms with van der Waals surface area (Å²) in [6.07, 6.45) is 3.36. The molecule has 2 heterocycles. The van der Waals surface area contributed by atoms with Crippen molar-refractivity contribution in [2.75, 3.05) is 13.7 Å². The third-order valence-corrected chi connectivity index (χ3v) is 5.61. The molecule has 1 aromatic carbocycles. The van der Waals surface area contributed by atoms with Gasteiger partial charge in [-0.1, -0.05) is 31.2 Å². The molecule has 1 aliphatic heterocycles. The van der Waals surface area contributed by atoms with E-state index in [0.29, 0.717) is 6.04 Å². The van der Waals surface area contributed by atoms with Gasteiger partial charge in [-0.05, 0) is 49.6 Å². The topological polar surface area (TPSA) is 21.3 Å². The highest BCUT2D eigenvalue weighted by Crippen LogP contribution is 2.36. The lowest BCUT2D eigenvalue weighted by Crippen LogP contribution is -2.23. The molecule has 0 aliphatic carbocycles. The first-order chi connectivity index (χ1) is 10.3. The van der Waals surface area contributed by atoms with E-state index >= 15 is 0 Å². The predicted octanol–water partition coefficient (Wildman–Crippen LogP) is 4.28. The lowest BCUT2D eigenvalue weighted by atomic mass is 9.93. The summed E-state index contributed by atoms with van der Waals surface area (Å²) in [5.41, 5.74) is 2.82. The lowest BCUT2D eigenvalue weighted by molar-refractivity contribution is 0.0301. The van der Waals surface area contributed by atoms with Crippen LogP contribution in [-0.2, 0) is 17.6 Å². The van der Waals surface area contributed by atoms with Crippen molar-refractivity contribution in [1.82, 2.24) is 5.32 Å². The van der Waals surface area contributed by atoms with Gasteiger partial charge < -0.3 is 10.1 Å². The molecular formula is C18H23NOS. The number of thiophene rings is 1. The second kappa shape index (κ2) is 6.73. The summed E-state index contributed by atoms with van der Waals surface area (Å²) in [6, 6.07) is 13.6. The molecular weight excluding hydrogens is 278 g/mol. The van der Waals surface area contributed by atoms with E-state index in [-0.39, 0.29) is 6.10 Å². The Morgan fingerprint density at radius 2 is 2.14 bits per heavy atom. The molecule has 2 atom stereocenters. The van der Waals surface area contributed by atoms with Gasteiger partial charge in [0.25, 0.3) is 0 Å². The Kier molecular flexibility index (Phi) is 4.73. The van der Waals surface area contributed by atoms with E-state index in [1.54, 1.807) is 0 Å². The second-order valence-electron chi connectivity index (χ2n) is 5.54. The van der Waals surface area contributed by atoms with Crippen molar-refractivity contribution in [3.05, 3.63) is 57.3 Å². The predicted molar refractivity (Wildman–Crippen MR) is 89.0 cm³/mol. The summed E-state index contributed by atoms with van der Waals surface area (Å²) in [7, 11) is 2.05. The van der Waals surface area contributed by atoms with Crippen molar-refractivity contribution >= 4 is 11.3 Å². The first kappa shape index (κ1) is 14.8. The maximum Gasteiger partial charge on any atom is 0.0846 e. The molecule has 1 aromatic heterocycles. The Balaban J connectivity index is 1.78. The van der Waals surface area contributed by atoms with Crippen LogP contribution in [0, 0.1) is 0 Å². The van der Waals surface area contributed by atoms with Gasteiger partial charge in [0.2, 0.25) is 0 Å². The highest BCUT2D eigenvalue weighted by molar-refractivity contribution is 7.12. The first-order valence-corrected chi connectivity index (χ1v) is 8.58. The number of aryl methyl sites for hydroxylation is 1. The molecule has 2 aromatic rings. The van der Waals surface area contributed by atoms with Gasteiger partial charge >= 0.3 is 0 Å². The number of benzene rings is 1. The summed E-state index contributed by atoms with van der Waals surface area (Å²) in [6.45, 7) is 3.05. The number of hydrogen-bond acceptors (Lipinski definition) is 3. The quantitative estimate of drug-likeness (QED) is 0.890. The minimum absolute atomic E-state index is 0.208. The van der Waals surface area contributed by atoms with Crippen molar-refractivity contribution in [2.45, 2.75) is 38.3 Å². The van der Waals surface area contributed by atoms with Gasteiger partial charge in [-0.25, -0.2) is 0 Å². The Labute approximate surface area is 131 Å². The van der Waals surface area contributed by atoms with E-state index in [1.165, 1.54) is 20.9 Å². The summed E-state index contributed by atoms with van der Waals surface area (Å²) in [5, 5.41) is 3.46. The molecule has 0 fully saturated rings. The van der Waals surface area contributed by atoms with E-state index in [4.69, 9.17) is 4.74 Å². The summed E-state index contributed by atoms with van der Waals surface area (Å²) >= 11 is 1.92. The molecule has 0 saturated carbocycles. The molecule has 21 heavy (non-hydrogen) atoms. The van der Waals surface area contributed by atoms with Crippen LogP contribution >= 0.6 is 11.3 Å². The van der Waals surface area contributed by atoms with Crippen molar-refractivity contribution in [3.8, 4) is 0 Å². The van der Waals surface area contributed by atoms with Gasteiger partial charge in [0.05, 0.1) is 12.7 Å². The Bertz CT molecular complexity index is 592.